The van der Waals surface area contributed by atoms with Crippen LogP contribution in [0.2, 0.25) is 0 Å². The van der Waals surface area contributed by atoms with E-state index >= 15 is 0 Å². The van der Waals surface area contributed by atoms with Gasteiger partial charge in [-0.25, -0.2) is 4.98 Å². The highest BCUT2D eigenvalue weighted by atomic mass is 16.2. The molecular formula is C21H23N5O3. The number of hydrogen-bond donors (Lipinski definition) is 1. The Morgan fingerprint density at radius 2 is 1.90 bits per heavy atom. The number of imidazole rings is 1. The van der Waals surface area contributed by atoms with E-state index in [-0.39, 0.29) is 34.6 Å². The lowest BCUT2D eigenvalue weighted by Crippen LogP contribution is -2.23. The zero-order valence-corrected chi connectivity index (χ0v) is 16.5. The number of hydrogen-bond acceptors (Lipinski definition) is 5. The van der Waals surface area contributed by atoms with Crippen LogP contribution < -0.4 is 21.2 Å². The molecule has 0 bridgehead atoms. The Balaban J connectivity index is 1.65. The van der Waals surface area contributed by atoms with E-state index in [2.05, 4.69) is 15.2 Å². The molecule has 1 amide bonds. The lowest BCUT2D eigenvalue weighted by atomic mass is 10.2. The van der Waals surface area contributed by atoms with Crippen molar-refractivity contribution in [3.8, 4) is 0 Å². The number of benzene rings is 1. The van der Waals surface area contributed by atoms with E-state index in [0.29, 0.717) is 5.56 Å². The summed E-state index contributed by atoms with van der Waals surface area (Å²) in [7, 11) is 1.57. The van der Waals surface area contributed by atoms with E-state index in [9.17, 15) is 14.4 Å². The van der Waals surface area contributed by atoms with Gasteiger partial charge in [0.2, 0.25) is 11.3 Å². The third kappa shape index (κ3) is 3.53. The summed E-state index contributed by atoms with van der Waals surface area (Å²) in [6, 6.07) is 9.02. The number of carbonyl (C=O) groups is 1. The second kappa shape index (κ2) is 7.54. The van der Waals surface area contributed by atoms with E-state index in [1.165, 1.54) is 21.5 Å². The van der Waals surface area contributed by atoms with Gasteiger partial charge in [0, 0.05) is 25.7 Å². The van der Waals surface area contributed by atoms with Crippen molar-refractivity contribution in [3.63, 3.8) is 0 Å². The standard InChI is InChI=1S/C21H23N5O3/c1-14-11-17(27)19-20(24(2)21(14)29)22-13-26(19)12-18(28)23-15-7-3-4-8-16(15)25-9-5-6-10-25/h3-4,7-8,11,13H,5-6,9-10,12H2,1-2H3,(H,23,28). The minimum Gasteiger partial charge on any atom is -0.370 e. The smallest absolute Gasteiger partial charge is 0.255 e. The van der Waals surface area contributed by atoms with Crippen LogP contribution in [-0.4, -0.2) is 33.1 Å². The Morgan fingerprint density at radius 3 is 2.66 bits per heavy atom. The first-order valence-corrected chi connectivity index (χ1v) is 9.65. The molecule has 1 N–H and O–H groups in total. The number of nitrogens with one attached hydrogen (secondary N) is 1. The largest absolute Gasteiger partial charge is 0.370 e. The number of carbonyl (C=O) groups excluding carboxylic acids is 1. The third-order valence-corrected chi connectivity index (χ3v) is 5.30. The fourth-order valence-electron chi connectivity index (χ4n) is 3.83. The van der Waals surface area contributed by atoms with Gasteiger partial charge in [0.1, 0.15) is 12.1 Å². The molecule has 0 spiro atoms. The zero-order valence-electron chi connectivity index (χ0n) is 16.5. The molecule has 8 heteroatoms. The van der Waals surface area contributed by atoms with Gasteiger partial charge in [-0.1, -0.05) is 12.1 Å². The van der Waals surface area contributed by atoms with Crippen molar-refractivity contribution < 1.29 is 4.79 Å². The predicted octanol–water partition coefficient (Wildman–Crippen LogP) is 1.64. The third-order valence-electron chi connectivity index (χ3n) is 5.30. The molecule has 1 aliphatic rings. The van der Waals surface area contributed by atoms with Crippen LogP contribution in [0.15, 0.2) is 46.2 Å². The normalized spacial score (nSPS) is 13.8. The monoisotopic (exact) mass is 393 g/mol. The van der Waals surface area contributed by atoms with Gasteiger partial charge in [-0.3, -0.25) is 19.0 Å². The van der Waals surface area contributed by atoms with Crippen LogP contribution >= 0.6 is 0 Å². The molecular weight excluding hydrogens is 370 g/mol. The molecule has 0 saturated carbocycles. The average Bonchev–Trinajstić information content (AvgIpc) is 3.35. The van der Waals surface area contributed by atoms with Gasteiger partial charge in [-0.2, -0.15) is 0 Å². The molecule has 150 valence electrons. The summed E-state index contributed by atoms with van der Waals surface area (Å²) in [6.07, 6.45) is 3.71. The maximum absolute atomic E-state index is 12.8. The van der Waals surface area contributed by atoms with Gasteiger partial charge < -0.3 is 14.8 Å². The zero-order chi connectivity index (χ0) is 20.5. The van der Waals surface area contributed by atoms with Gasteiger partial charge in [0.25, 0.3) is 5.56 Å². The molecule has 8 nitrogen and oxygen atoms in total. The van der Waals surface area contributed by atoms with Gasteiger partial charge >= 0.3 is 0 Å². The SMILES string of the molecule is Cc1cc(=O)c2c(ncn2CC(=O)Nc2ccccc2N2CCCC2)n(C)c1=O. The molecule has 0 aliphatic carbocycles. The van der Waals surface area contributed by atoms with Crippen molar-refractivity contribution in [2.45, 2.75) is 26.3 Å². The van der Waals surface area contributed by atoms with Crippen LogP contribution in [0.25, 0.3) is 11.2 Å². The number of anilines is 2. The molecule has 0 radical (unpaired) electrons. The number of aryl methyl sites for hydroxylation is 2. The number of fused-ring (bicyclic) bond motifs is 1. The second-order valence-electron chi connectivity index (χ2n) is 7.36. The molecule has 4 rings (SSSR count). The Hall–Kier alpha value is -3.42. The second-order valence-corrected chi connectivity index (χ2v) is 7.36. The minimum absolute atomic E-state index is 0.0721. The molecule has 1 fully saturated rings. The first-order chi connectivity index (χ1) is 14.0. The predicted molar refractivity (Wildman–Crippen MR) is 112 cm³/mol. The van der Waals surface area contributed by atoms with Crippen molar-refractivity contribution in [2.24, 2.45) is 7.05 Å². The van der Waals surface area contributed by atoms with Crippen molar-refractivity contribution in [1.82, 2.24) is 14.1 Å². The van der Waals surface area contributed by atoms with Crippen LogP contribution in [-0.2, 0) is 18.4 Å². The van der Waals surface area contributed by atoms with E-state index in [1.807, 2.05) is 24.3 Å². The van der Waals surface area contributed by atoms with Gasteiger partial charge in [0.15, 0.2) is 5.65 Å². The molecule has 3 aromatic rings. The highest BCUT2D eigenvalue weighted by Gasteiger charge is 2.18. The van der Waals surface area contributed by atoms with E-state index < -0.39 is 0 Å². The number of nitrogens with zero attached hydrogens (tertiary/aromatic N) is 4. The Morgan fingerprint density at radius 1 is 1.17 bits per heavy atom. The van der Waals surface area contributed by atoms with Gasteiger partial charge in [-0.05, 0) is 38.0 Å². The maximum Gasteiger partial charge on any atom is 0.255 e. The number of aromatic nitrogens is 3. The molecule has 0 unspecified atom stereocenters. The first kappa shape index (κ1) is 18.9. The molecule has 1 aromatic carbocycles. The Bertz CT molecular complexity index is 1210. The topological polar surface area (TPSA) is 89.2 Å². The number of rotatable bonds is 4. The molecule has 1 aliphatic heterocycles. The number of para-hydroxylation sites is 2. The van der Waals surface area contributed by atoms with Crippen LogP contribution in [0.1, 0.15) is 18.4 Å². The highest BCUT2D eigenvalue weighted by Crippen LogP contribution is 2.28. The molecule has 3 heterocycles. The Labute approximate surface area is 167 Å². The van der Waals surface area contributed by atoms with Gasteiger partial charge in [0.05, 0.1) is 17.7 Å². The summed E-state index contributed by atoms with van der Waals surface area (Å²) in [6.45, 7) is 3.47. The fourth-order valence-corrected chi connectivity index (χ4v) is 3.83. The van der Waals surface area contributed by atoms with Crippen LogP contribution in [0.5, 0.6) is 0 Å². The van der Waals surface area contributed by atoms with Crippen LogP contribution in [0, 0.1) is 6.92 Å². The molecule has 2 aromatic heterocycles. The van der Waals surface area contributed by atoms with Crippen LogP contribution in [0.3, 0.4) is 0 Å². The summed E-state index contributed by atoms with van der Waals surface area (Å²) < 4.78 is 2.83. The van der Waals surface area contributed by atoms with Crippen LogP contribution in [0.4, 0.5) is 11.4 Å². The quantitative estimate of drug-likeness (QED) is 0.728. The summed E-state index contributed by atoms with van der Waals surface area (Å²) in [5.41, 5.74) is 1.97. The van der Waals surface area contributed by atoms with Crippen molar-refractivity contribution >= 4 is 28.4 Å². The maximum atomic E-state index is 12.8. The molecule has 1 saturated heterocycles. The fraction of sp³-hybridized carbons (Fsp3) is 0.333. The van der Waals surface area contributed by atoms with E-state index in [1.54, 1.807) is 14.0 Å². The average molecular weight is 393 g/mol. The van der Waals surface area contributed by atoms with E-state index in [0.717, 1.165) is 37.3 Å². The lowest BCUT2D eigenvalue weighted by molar-refractivity contribution is -0.116. The highest BCUT2D eigenvalue weighted by molar-refractivity contribution is 5.94. The Kier molecular flexibility index (Phi) is 4.92. The summed E-state index contributed by atoms with van der Waals surface area (Å²) in [5.74, 6) is -0.261. The van der Waals surface area contributed by atoms with Crippen molar-refractivity contribution in [1.29, 1.82) is 0 Å². The van der Waals surface area contributed by atoms with Crippen molar-refractivity contribution in [2.75, 3.05) is 23.3 Å². The summed E-state index contributed by atoms with van der Waals surface area (Å²) >= 11 is 0. The molecule has 29 heavy (non-hydrogen) atoms. The van der Waals surface area contributed by atoms with Crippen molar-refractivity contribution in [3.05, 3.63) is 62.8 Å². The summed E-state index contributed by atoms with van der Waals surface area (Å²) in [5, 5.41) is 2.96. The van der Waals surface area contributed by atoms with E-state index in [4.69, 9.17) is 0 Å². The van der Waals surface area contributed by atoms with Gasteiger partial charge in [-0.15, -0.1) is 0 Å². The molecule has 0 atom stereocenters. The lowest BCUT2D eigenvalue weighted by Gasteiger charge is -2.21. The first-order valence-electron chi connectivity index (χ1n) is 9.65. The summed E-state index contributed by atoms with van der Waals surface area (Å²) in [4.78, 5) is 44.1. The number of amides is 1. The minimum atomic E-state index is -0.335.